The first-order chi connectivity index (χ1) is 6.27. The lowest BCUT2D eigenvalue weighted by atomic mass is 10.1. The molecule has 3 heteroatoms. The average molecular weight is 256 g/mol. The van der Waals surface area contributed by atoms with Crippen molar-refractivity contribution in [2.75, 3.05) is 5.75 Å². The summed E-state index contributed by atoms with van der Waals surface area (Å²) in [6, 6.07) is 2.13. The van der Waals surface area contributed by atoms with Gasteiger partial charge < -0.3 is 0 Å². The number of allylic oxidation sites excluding steroid dienone is 1. The third-order valence-electron chi connectivity index (χ3n) is 2.08. The Hall–Kier alpha value is -0.280. The van der Waals surface area contributed by atoms with E-state index in [9.17, 15) is 0 Å². The van der Waals surface area contributed by atoms with Crippen LogP contribution in [-0.4, -0.2) is 10.7 Å². The third kappa shape index (κ3) is 1.97. The first-order valence-corrected chi connectivity index (χ1v) is 5.99. The highest BCUT2D eigenvalue weighted by Gasteiger charge is 2.13. The van der Waals surface area contributed by atoms with Gasteiger partial charge in [-0.25, -0.2) is 0 Å². The molecule has 1 nitrogen and oxygen atoms in total. The molecule has 1 aliphatic heterocycles. The van der Waals surface area contributed by atoms with Gasteiger partial charge in [0, 0.05) is 33.1 Å². The second kappa shape index (κ2) is 3.84. The van der Waals surface area contributed by atoms with E-state index < -0.39 is 0 Å². The van der Waals surface area contributed by atoms with Crippen molar-refractivity contribution in [3.05, 3.63) is 34.1 Å². The highest BCUT2D eigenvalue weighted by molar-refractivity contribution is 9.10. The van der Waals surface area contributed by atoms with Crippen molar-refractivity contribution < 1.29 is 0 Å². The molecule has 2 heterocycles. The zero-order valence-electron chi connectivity index (χ0n) is 7.38. The molecule has 0 atom stereocenters. The molecule has 0 spiro atoms. The van der Waals surface area contributed by atoms with Crippen LogP contribution >= 0.6 is 27.7 Å². The van der Waals surface area contributed by atoms with Gasteiger partial charge in [-0.05, 0) is 35.3 Å². The first-order valence-electron chi connectivity index (χ1n) is 4.21. The van der Waals surface area contributed by atoms with E-state index in [-0.39, 0.29) is 0 Å². The summed E-state index contributed by atoms with van der Waals surface area (Å²) in [5, 5.41) is 0. The van der Waals surface area contributed by atoms with E-state index in [0.717, 1.165) is 4.47 Å². The molecule has 0 N–H and O–H groups in total. The molecule has 2 rings (SSSR count). The lowest BCUT2D eigenvalue weighted by molar-refractivity contribution is 1.15. The number of thioether (sulfide) groups is 1. The average Bonchev–Trinajstić information content (AvgIpc) is 2.51. The number of pyridine rings is 1. The number of rotatable bonds is 1. The largest absolute Gasteiger partial charge is 0.263 e. The zero-order valence-corrected chi connectivity index (χ0v) is 9.78. The third-order valence-corrected chi connectivity index (χ3v) is 3.79. The predicted octanol–water partition coefficient (Wildman–Crippen LogP) is 3.71. The fourth-order valence-electron chi connectivity index (χ4n) is 1.41. The molecule has 0 amide bonds. The standard InChI is InChI=1S/C10H10BrNS/c1-7-2-3-13-10(7)8-4-9(11)6-12-5-8/h4-6H,2-3H2,1H3. The van der Waals surface area contributed by atoms with Crippen LogP contribution in [0.5, 0.6) is 0 Å². The summed E-state index contributed by atoms with van der Waals surface area (Å²) in [5.41, 5.74) is 2.74. The van der Waals surface area contributed by atoms with E-state index in [1.54, 1.807) is 0 Å². The highest BCUT2D eigenvalue weighted by atomic mass is 79.9. The minimum Gasteiger partial charge on any atom is -0.263 e. The normalized spacial score (nSPS) is 16.8. The molecular weight excluding hydrogens is 246 g/mol. The summed E-state index contributed by atoms with van der Waals surface area (Å²) in [5.74, 6) is 1.22. The SMILES string of the molecule is CC1=C(c2cncc(Br)c2)SCC1. The van der Waals surface area contributed by atoms with E-state index in [1.165, 1.54) is 28.2 Å². The van der Waals surface area contributed by atoms with Crippen LogP contribution in [0.4, 0.5) is 0 Å². The van der Waals surface area contributed by atoms with Crippen LogP contribution in [0.1, 0.15) is 18.9 Å². The van der Waals surface area contributed by atoms with Crippen molar-refractivity contribution in [3.8, 4) is 0 Å². The number of aromatic nitrogens is 1. The Morgan fingerprint density at radius 1 is 1.46 bits per heavy atom. The molecule has 13 heavy (non-hydrogen) atoms. The van der Waals surface area contributed by atoms with Gasteiger partial charge in [0.1, 0.15) is 0 Å². The summed E-state index contributed by atoms with van der Waals surface area (Å²) in [6.45, 7) is 2.20. The molecule has 1 aromatic rings. The summed E-state index contributed by atoms with van der Waals surface area (Å²) in [6.07, 6.45) is 4.97. The smallest absolute Gasteiger partial charge is 0.0410 e. The summed E-state index contributed by atoms with van der Waals surface area (Å²) in [4.78, 5) is 5.58. The van der Waals surface area contributed by atoms with Crippen molar-refractivity contribution in [3.63, 3.8) is 0 Å². The molecule has 68 valence electrons. The maximum Gasteiger partial charge on any atom is 0.0410 e. The predicted molar refractivity (Wildman–Crippen MR) is 61.6 cm³/mol. The fourth-order valence-corrected chi connectivity index (χ4v) is 3.01. The van der Waals surface area contributed by atoms with E-state index in [4.69, 9.17) is 0 Å². The first kappa shape index (κ1) is 9.28. The van der Waals surface area contributed by atoms with Gasteiger partial charge in [0.25, 0.3) is 0 Å². The molecule has 0 aromatic carbocycles. The summed E-state index contributed by atoms with van der Waals surface area (Å²) < 4.78 is 1.05. The molecule has 0 saturated carbocycles. The Bertz CT molecular complexity index is 360. The summed E-state index contributed by atoms with van der Waals surface area (Å²) in [7, 11) is 0. The minimum absolute atomic E-state index is 1.05. The van der Waals surface area contributed by atoms with E-state index in [0.29, 0.717) is 0 Å². The van der Waals surface area contributed by atoms with Crippen molar-refractivity contribution in [2.24, 2.45) is 0 Å². The van der Waals surface area contributed by atoms with Crippen LogP contribution in [0.25, 0.3) is 4.91 Å². The van der Waals surface area contributed by atoms with Crippen LogP contribution in [0.3, 0.4) is 0 Å². The van der Waals surface area contributed by atoms with Gasteiger partial charge in [-0.3, -0.25) is 4.98 Å². The Morgan fingerprint density at radius 2 is 2.31 bits per heavy atom. The van der Waals surface area contributed by atoms with Crippen molar-refractivity contribution >= 4 is 32.6 Å². The van der Waals surface area contributed by atoms with Crippen molar-refractivity contribution in [1.29, 1.82) is 0 Å². The van der Waals surface area contributed by atoms with Gasteiger partial charge in [0.05, 0.1) is 0 Å². The molecule has 0 aliphatic carbocycles. The van der Waals surface area contributed by atoms with E-state index >= 15 is 0 Å². The quantitative estimate of drug-likeness (QED) is 0.759. The van der Waals surface area contributed by atoms with Crippen LogP contribution in [0.15, 0.2) is 28.5 Å². The van der Waals surface area contributed by atoms with Gasteiger partial charge in [-0.1, -0.05) is 5.57 Å². The maximum absolute atomic E-state index is 4.17. The Morgan fingerprint density at radius 3 is 2.92 bits per heavy atom. The van der Waals surface area contributed by atoms with E-state index in [1.807, 2.05) is 24.2 Å². The number of nitrogens with zero attached hydrogens (tertiary/aromatic N) is 1. The van der Waals surface area contributed by atoms with Crippen LogP contribution in [0.2, 0.25) is 0 Å². The molecule has 0 saturated heterocycles. The van der Waals surface area contributed by atoms with Gasteiger partial charge in [-0.15, -0.1) is 11.8 Å². The minimum atomic E-state index is 1.05. The maximum atomic E-state index is 4.17. The van der Waals surface area contributed by atoms with Gasteiger partial charge in [0.2, 0.25) is 0 Å². The van der Waals surface area contributed by atoms with Crippen molar-refractivity contribution in [1.82, 2.24) is 4.98 Å². The number of halogens is 1. The molecular formula is C10H10BrNS. The second-order valence-electron chi connectivity index (χ2n) is 3.10. The van der Waals surface area contributed by atoms with Crippen LogP contribution in [-0.2, 0) is 0 Å². The Labute approximate surface area is 90.8 Å². The van der Waals surface area contributed by atoms with Gasteiger partial charge in [-0.2, -0.15) is 0 Å². The molecule has 0 fully saturated rings. The van der Waals surface area contributed by atoms with Crippen LogP contribution in [0, 0.1) is 0 Å². The van der Waals surface area contributed by atoms with Crippen molar-refractivity contribution in [2.45, 2.75) is 13.3 Å². The van der Waals surface area contributed by atoms with Gasteiger partial charge in [0.15, 0.2) is 0 Å². The van der Waals surface area contributed by atoms with Gasteiger partial charge >= 0.3 is 0 Å². The summed E-state index contributed by atoms with van der Waals surface area (Å²) >= 11 is 5.37. The molecule has 1 aromatic heterocycles. The number of hydrogen-bond donors (Lipinski definition) is 0. The van der Waals surface area contributed by atoms with Crippen LogP contribution < -0.4 is 0 Å². The molecule has 0 radical (unpaired) electrons. The number of hydrogen-bond acceptors (Lipinski definition) is 2. The zero-order chi connectivity index (χ0) is 9.26. The lowest BCUT2D eigenvalue weighted by Crippen LogP contribution is -1.82. The lowest BCUT2D eigenvalue weighted by Gasteiger charge is -2.02. The molecule has 0 unspecified atom stereocenters. The Kier molecular flexibility index (Phi) is 2.74. The topological polar surface area (TPSA) is 12.9 Å². The van der Waals surface area contributed by atoms with E-state index in [2.05, 4.69) is 33.9 Å². The fraction of sp³-hybridized carbons (Fsp3) is 0.300. The Balaban J connectivity index is 2.40. The molecule has 1 aliphatic rings. The second-order valence-corrected chi connectivity index (χ2v) is 5.12. The molecule has 0 bridgehead atoms. The monoisotopic (exact) mass is 255 g/mol. The highest BCUT2D eigenvalue weighted by Crippen LogP contribution is 2.38.